The van der Waals surface area contributed by atoms with Crippen LogP contribution in [0.2, 0.25) is 10.0 Å². The molecule has 1 saturated heterocycles. The number of amides is 1. The molecule has 1 amide bonds. The fourth-order valence-electron chi connectivity index (χ4n) is 3.36. The predicted molar refractivity (Wildman–Crippen MR) is 89.2 cm³/mol. The van der Waals surface area contributed by atoms with Crippen molar-refractivity contribution in [2.75, 3.05) is 26.2 Å². The molecule has 0 N–H and O–H groups in total. The van der Waals surface area contributed by atoms with Crippen LogP contribution >= 0.6 is 23.2 Å². The molecule has 2 fully saturated rings. The number of piperazine rings is 1. The van der Waals surface area contributed by atoms with Gasteiger partial charge in [0.25, 0.3) is 5.92 Å². The van der Waals surface area contributed by atoms with Gasteiger partial charge in [0, 0.05) is 42.0 Å². The Morgan fingerprint density at radius 1 is 1.12 bits per heavy atom. The maximum Gasteiger partial charge on any atom is 0.334 e. The van der Waals surface area contributed by atoms with Crippen molar-refractivity contribution in [3.63, 3.8) is 0 Å². The summed E-state index contributed by atoms with van der Waals surface area (Å²) in [6.45, 7) is 0.510. The molecule has 0 aromatic heterocycles. The summed E-state index contributed by atoms with van der Waals surface area (Å²) in [5.74, 6) is -2.64. The first-order chi connectivity index (χ1) is 11.6. The number of alkyl halides is 2. The van der Waals surface area contributed by atoms with Crippen LogP contribution in [-0.4, -0.2) is 61.8 Å². The van der Waals surface area contributed by atoms with E-state index in [4.69, 9.17) is 23.2 Å². The van der Waals surface area contributed by atoms with E-state index in [1.807, 2.05) is 4.90 Å². The Kier molecular flexibility index (Phi) is 4.87. The summed E-state index contributed by atoms with van der Waals surface area (Å²) in [4.78, 5) is 13.4. The number of rotatable bonds is 4. The number of carbonyl (C=O) groups is 1. The second kappa shape index (κ2) is 6.42. The molecule has 1 aliphatic heterocycles. The molecule has 10 heteroatoms. The number of quaternary nitrogens is 1. The largest absolute Gasteiger partial charge is 0.334 e. The van der Waals surface area contributed by atoms with Crippen molar-refractivity contribution < 1.29 is 25.9 Å². The van der Waals surface area contributed by atoms with Crippen LogP contribution in [0, 0.1) is 0 Å². The Morgan fingerprint density at radius 3 is 2.08 bits per heavy atom. The number of nitrogens with zero attached hydrogens (tertiary/aromatic N) is 2. The van der Waals surface area contributed by atoms with E-state index in [2.05, 4.69) is 0 Å². The molecule has 1 aromatic carbocycles. The SMILES string of the molecule is O=C[N+]1(S(=O)(=O)c2cc(Cl)cc(Cl)c2)CCN(C2CC(F)(F)C2)CC1. The summed E-state index contributed by atoms with van der Waals surface area (Å²) in [7, 11) is -4.05. The zero-order valence-electron chi connectivity index (χ0n) is 13.2. The lowest BCUT2D eigenvalue weighted by atomic mass is 9.86. The van der Waals surface area contributed by atoms with Crippen LogP contribution in [0.1, 0.15) is 12.8 Å². The third-order valence-electron chi connectivity index (χ3n) is 4.92. The molecule has 25 heavy (non-hydrogen) atoms. The van der Waals surface area contributed by atoms with E-state index in [9.17, 15) is 22.0 Å². The first-order valence-corrected chi connectivity index (χ1v) is 9.94. The lowest BCUT2D eigenvalue weighted by Gasteiger charge is -2.46. The number of halogens is 4. The highest BCUT2D eigenvalue weighted by atomic mass is 35.5. The van der Waals surface area contributed by atoms with Crippen molar-refractivity contribution in [1.29, 1.82) is 0 Å². The summed E-state index contributed by atoms with van der Waals surface area (Å²) in [6.07, 6.45) is -0.0354. The van der Waals surface area contributed by atoms with Crippen molar-refractivity contribution >= 4 is 39.6 Å². The molecule has 1 aliphatic carbocycles. The molecule has 1 saturated carbocycles. The highest BCUT2D eigenvalue weighted by Crippen LogP contribution is 2.41. The van der Waals surface area contributed by atoms with Gasteiger partial charge in [-0.2, -0.15) is 12.3 Å². The van der Waals surface area contributed by atoms with Crippen LogP contribution in [0.5, 0.6) is 0 Å². The van der Waals surface area contributed by atoms with Crippen LogP contribution < -0.4 is 0 Å². The van der Waals surface area contributed by atoms with Crippen molar-refractivity contribution in [3.05, 3.63) is 28.2 Å². The van der Waals surface area contributed by atoms with Crippen molar-refractivity contribution in [1.82, 2.24) is 4.90 Å². The Labute approximate surface area is 154 Å². The quantitative estimate of drug-likeness (QED) is 0.562. The molecule has 2 aliphatic rings. The first kappa shape index (κ1) is 19.0. The molecular weight excluding hydrogens is 397 g/mol. The monoisotopic (exact) mass is 413 g/mol. The maximum atomic E-state index is 13.0. The predicted octanol–water partition coefficient (Wildman–Crippen LogP) is 2.77. The van der Waals surface area contributed by atoms with Crippen molar-refractivity contribution in [2.45, 2.75) is 29.7 Å². The average molecular weight is 414 g/mol. The molecule has 0 bridgehead atoms. The van der Waals surface area contributed by atoms with Gasteiger partial charge in [-0.25, -0.2) is 13.6 Å². The van der Waals surface area contributed by atoms with Gasteiger partial charge in [-0.05, 0) is 18.2 Å². The topological polar surface area (TPSA) is 54.5 Å². The van der Waals surface area contributed by atoms with Crippen LogP contribution in [0.4, 0.5) is 8.78 Å². The molecule has 1 heterocycles. The lowest BCUT2D eigenvalue weighted by Crippen LogP contribution is -2.64. The minimum Gasteiger partial charge on any atom is -0.289 e. The molecule has 0 atom stereocenters. The van der Waals surface area contributed by atoms with Gasteiger partial charge in [-0.15, -0.1) is 0 Å². The smallest absolute Gasteiger partial charge is 0.289 e. The van der Waals surface area contributed by atoms with Gasteiger partial charge in [-0.1, -0.05) is 23.2 Å². The molecule has 1 aromatic rings. The normalized spacial score (nSPS) is 23.8. The standard InChI is InChI=1S/C15H17Cl2F2N2O3S/c16-11-5-12(17)7-14(6-11)25(23,24)21(10-22)3-1-20(2-4-21)13-8-15(18,19)9-13/h5-7,10,13H,1-4,8-9H2/q+1. The van der Waals surface area contributed by atoms with Crippen LogP contribution in [0.15, 0.2) is 23.1 Å². The van der Waals surface area contributed by atoms with Gasteiger partial charge >= 0.3 is 16.4 Å². The van der Waals surface area contributed by atoms with Crippen LogP contribution in [0.3, 0.4) is 0 Å². The molecule has 3 rings (SSSR count). The van der Waals surface area contributed by atoms with Gasteiger partial charge in [0.05, 0.1) is 0 Å². The van der Waals surface area contributed by atoms with Gasteiger partial charge in [0.15, 0.2) is 0 Å². The molecule has 138 valence electrons. The number of hydrogen-bond donors (Lipinski definition) is 0. The number of carbonyl (C=O) groups excluding carboxylic acids is 1. The highest BCUT2D eigenvalue weighted by molar-refractivity contribution is 7.86. The number of benzene rings is 1. The highest BCUT2D eigenvalue weighted by Gasteiger charge is 2.52. The van der Waals surface area contributed by atoms with E-state index < -0.39 is 19.8 Å². The van der Waals surface area contributed by atoms with Gasteiger partial charge in [0.2, 0.25) is 0 Å². The van der Waals surface area contributed by atoms with Crippen LogP contribution in [-0.2, 0) is 14.8 Å². The molecule has 0 spiro atoms. The summed E-state index contributed by atoms with van der Waals surface area (Å²) >= 11 is 11.8. The third-order valence-corrected chi connectivity index (χ3v) is 7.60. The van der Waals surface area contributed by atoms with Gasteiger partial charge in [0.1, 0.15) is 18.0 Å². The van der Waals surface area contributed by atoms with E-state index in [0.717, 1.165) is 0 Å². The van der Waals surface area contributed by atoms with Crippen molar-refractivity contribution in [2.24, 2.45) is 0 Å². The van der Waals surface area contributed by atoms with E-state index in [-0.39, 0.29) is 60.0 Å². The summed E-state index contributed by atoms with van der Waals surface area (Å²) in [5.41, 5.74) is 0. The zero-order chi connectivity index (χ0) is 18.5. The molecule has 5 nitrogen and oxygen atoms in total. The molecular formula is C15H17Cl2F2N2O3S+. The average Bonchev–Trinajstić information content (AvgIpc) is 2.51. The number of sulfonamides is 1. The summed E-state index contributed by atoms with van der Waals surface area (Å²) < 4.78 is 51.3. The summed E-state index contributed by atoms with van der Waals surface area (Å²) in [6, 6.07) is 3.66. The second-order valence-electron chi connectivity index (χ2n) is 6.54. The van der Waals surface area contributed by atoms with E-state index in [0.29, 0.717) is 6.41 Å². The summed E-state index contributed by atoms with van der Waals surface area (Å²) in [5, 5.41) is 0.316. The van der Waals surface area contributed by atoms with E-state index in [1.165, 1.54) is 18.2 Å². The minimum absolute atomic E-state index is 0.00195. The van der Waals surface area contributed by atoms with Gasteiger partial charge in [-0.3, -0.25) is 4.90 Å². The molecule has 0 unspecified atom stereocenters. The third kappa shape index (κ3) is 3.42. The fourth-order valence-corrected chi connectivity index (χ4v) is 5.75. The van der Waals surface area contributed by atoms with Gasteiger partial charge < -0.3 is 0 Å². The molecule has 0 radical (unpaired) electrons. The first-order valence-electron chi connectivity index (χ1n) is 7.75. The Balaban J connectivity index is 1.81. The van der Waals surface area contributed by atoms with E-state index >= 15 is 0 Å². The minimum atomic E-state index is -4.05. The van der Waals surface area contributed by atoms with Crippen molar-refractivity contribution in [3.8, 4) is 0 Å². The number of hydrogen-bond acceptors (Lipinski definition) is 4. The fraction of sp³-hybridized carbons (Fsp3) is 0.533. The Bertz CT molecular complexity index is 768. The zero-order valence-corrected chi connectivity index (χ0v) is 15.5. The Morgan fingerprint density at radius 2 is 1.64 bits per heavy atom. The van der Waals surface area contributed by atoms with Crippen LogP contribution in [0.25, 0.3) is 0 Å². The Hall–Kier alpha value is -0.800. The second-order valence-corrected chi connectivity index (χ2v) is 9.56. The maximum absolute atomic E-state index is 13.0. The van der Waals surface area contributed by atoms with E-state index in [1.54, 1.807) is 0 Å². The lowest BCUT2D eigenvalue weighted by molar-refractivity contribution is -0.725.